The van der Waals surface area contributed by atoms with Crippen molar-refractivity contribution in [1.82, 2.24) is 15.2 Å². The summed E-state index contributed by atoms with van der Waals surface area (Å²) in [4.78, 5) is 6.83. The monoisotopic (exact) mass is 231 g/mol. The first-order valence-corrected chi connectivity index (χ1v) is 6.10. The van der Waals surface area contributed by atoms with Crippen molar-refractivity contribution >= 4 is 11.1 Å². The molecule has 1 aromatic carbocycles. The Morgan fingerprint density at radius 2 is 2.18 bits per heavy atom. The average Bonchev–Trinajstić information content (AvgIpc) is 2.70. The number of nitrogens with zero attached hydrogens (tertiary/aromatic N) is 2. The topological polar surface area (TPSA) is 41.3 Å². The number of benzene rings is 1. The lowest BCUT2D eigenvalue weighted by atomic mass is 10.2. The van der Waals surface area contributed by atoms with Gasteiger partial charge in [-0.15, -0.1) is 0 Å². The van der Waals surface area contributed by atoms with Crippen LogP contribution < -0.4 is 5.32 Å². The maximum Gasteiger partial charge on any atom is 0.192 e. The molecule has 1 saturated heterocycles. The zero-order valence-electron chi connectivity index (χ0n) is 10.1. The molecule has 0 radical (unpaired) electrons. The summed E-state index contributed by atoms with van der Waals surface area (Å²) in [7, 11) is 0. The number of aromatic nitrogens is 1. The van der Waals surface area contributed by atoms with Gasteiger partial charge in [0.05, 0.1) is 0 Å². The van der Waals surface area contributed by atoms with E-state index in [0.717, 1.165) is 49.7 Å². The van der Waals surface area contributed by atoms with Crippen molar-refractivity contribution in [2.24, 2.45) is 0 Å². The van der Waals surface area contributed by atoms with E-state index >= 15 is 0 Å². The second-order valence-corrected chi connectivity index (χ2v) is 4.56. The molecule has 1 aliphatic heterocycles. The summed E-state index contributed by atoms with van der Waals surface area (Å²) in [5, 5.41) is 3.36. The van der Waals surface area contributed by atoms with Crippen LogP contribution in [0, 0.1) is 6.92 Å². The Morgan fingerprint density at radius 1 is 1.35 bits per heavy atom. The Morgan fingerprint density at radius 3 is 3.00 bits per heavy atom. The Kier molecular flexibility index (Phi) is 2.82. The van der Waals surface area contributed by atoms with Crippen molar-refractivity contribution in [1.29, 1.82) is 0 Å². The summed E-state index contributed by atoms with van der Waals surface area (Å²) in [6.45, 7) is 7.31. The van der Waals surface area contributed by atoms with E-state index in [0.29, 0.717) is 0 Å². The number of piperazine rings is 1. The van der Waals surface area contributed by atoms with Crippen molar-refractivity contribution in [2.75, 3.05) is 26.2 Å². The molecule has 0 unspecified atom stereocenters. The molecule has 90 valence electrons. The van der Waals surface area contributed by atoms with Gasteiger partial charge >= 0.3 is 0 Å². The highest BCUT2D eigenvalue weighted by Crippen LogP contribution is 2.17. The summed E-state index contributed by atoms with van der Waals surface area (Å²) in [6.07, 6.45) is 0. The molecule has 0 saturated carbocycles. The highest BCUT2D eigenvalue weighted by Gasteiger charge is 2.10. The molecule has 4 nitrogen and oxygen atoms in total. The number of oxazole rings is 1. The van der Waals surface area contributed by atoms with Gasteiger partial charge in [-0.2, -0.15) is 0 Å². The lowest BCUT2D eigenvalue weighted by molar-refractivity contribution is 0.233. The lowest BCUT2D eigenvalue weighted by Crippen LogP contribution is -2.42. The zero-order valence-corrected chi connectivity index (χ0v) is 10.1. The van der Waals surface area contributed by atoms with Crippen LogP contribution >= 0.6 is 0 Å². The van der Waals surface area contributed by atoms with Crippen LogP contribution in [0.3, 0.4) is 0 Å². The van der Waals surface area contributed by atoms with Crippen molar-refractivity contribution in [3.8, 4) is 0 Å². The van der Waals surface area contributed by atoms with Gasteiger partial charge in [-0.1, -0.05) is 6.07 Å². The van der Waals surface area contributed by atoms with Crippen molar-refractivity contribution < 1.29 is 4.42 Å². The molecule has 0 bridgehead atoms. The molecular formula is C13H17N3O. The van der Waals surface area contributed by atoms with Crippen LogP contribution in [0.2, 0.25) is 0 Å². The minimum Gasteiger partial charge on any atom is -0.441 e. The molecule has 2 aromatic rings. The fourth-order valence-corrected chi connectivity index (χ4v) is 2.31. The average molecular weight is 231 g/mol. The quantitative estimate of drug-likeness (QED) is 0.851. The van der Waals surface area contributed by atoms with Gasteiger partial charge in [0.1, 0.15) is 5.52 Å². The van der Waals surface area contributed by atoms with Gasteiger partial charge in [0.2, 0.25) is 0 Å². The van der Waals surface area contributed by atoms with Gasteiger partial charge in [0.15, 0.2) is 11.5 Å². The Bertz CT molecular complexity index is 514. The molecule has 17 heavy (non-hydrogen) atoms. The smallest absolute Gasteiger partial charge is 0.192 e. The van der Waals surface area contributed by atoms with Crippen LogP contribution in [0.15, 0.2) is 22.6 Å². The zero-order chi connectivity index (χ0) is 11.7. The second-order valence-electron chi connectivity index (χ2n) is 4.56. The molecule has 0 aliphatic carbocycles. The normalized spacial score (nSPS) is 17.7. The van der Waals surface area contributed by atoms with E-state index in [-0.39, 0.29) is 0 Å². The molecule has 1 fully saturated rings. The largest absolute Gasteiger partial charge is 0.441 e. The predicted molar refractivity (Wildman–Crippen MR) is 66.9 cm³/mol. The third kappa shape index (κ3) is 2.33. The third-order valence-electron chi connectivity index (χ3n) is 3.17. The van der Waals surface area contributed by atoms with Gasteiger partial charge in [-0.05, 0) is 17.7 Å². The minimum absolute atomic E-state index is 0.735. The molecule has 3 rings (SSSR count). The van der Waals surface area contributed by atoms with Gasteiger partial charge in [-0.25, -0.2) is 4.98 Å². The minimum atomic E-state index is 0.735. The number of hydrogen-bond donors (Lipinski definition) is 1. The van der Waals surface area contributed by atoms with Crippen molar-refractivity contribution in [2.45, 2.75) is 13.5 Å². The van der Waals surface area contributed by atoms with Crippen LogP contribution in [0.25, 0.3) is 11.1 Å². The summed E-state index contributed by atoms with van der Waals surface area (Å²) in [6, 6.07) is 6.29. The van der Waals surface area contributed by atoms with Gasteiger partial charge in [0, 0.05) is 39.6 Å². The van der Waals surface area contributed by atoms with E-state index in [9.17, 15) is 0 Å². The van der Waals surface area contributed by atoms with E-state index in [1.54, 1.807) is 0 Å². The Hall–Kier alpha value is -1.39. The highest BCUT2D eigenvalue weighted by molar-refractivity contribution is 5.73. The molecular weight excluding hydrogens is 214 g/mol. The highest BCUT2D eigenvalue weighted by atomic mass is 16.3. The van der Waals surface area contributed by atoms with Gasteiger partial charge < -0.3 is 9.73 Å². The number of aryl methyl sites for hydroxylation is 1. The number of rotatable bonds is 2. The molecule has 0 spiro atoms. The fourth-order valence-electron chi connectivity index (χ4n) is 2.31. The van der Waals surface area contributed by atoms with Crippen LogP contribution in [-0.4, -0.2) is 36.1 Å². The molecule has 0 amide bonds. The van der Waals surface area contributed by atoms with E-state index in [2.05, 4.69) is 27.3 Å². The van der Waals surface area contributed by atoms with Gasteiger partial charge in [0.25, 0.3) is 0 Å². The number of fused-ring (bicyclic) bond motifs is 1. The fraction of sp³-hybridized carbons (Fsp3) is 0.462. The number of nitrogens with one attached hydrogen (secondary N) is 1. The van der Waals surface area contributed by atoms with Crippen molar-refractivity contribution in [3.05, 3.63) is 29.7 Å². The maximum atomic E-state index is 5.48. The molecule has 1 N–H and O–H groups in total. The first kappa shape index (κ1) is 10.7. The molecule has 1 aliphatic rings. The first-order valence-electron chi connectivity index (χ1n) is 6.10. The number of hydrogen-bond acceptors (Lipinski definition) is 4. The SMILES string of the molecule is Cc1nc2cc(CN3CCNCC3)ccc2o1. The van der Waals surface area contributed by atoms with E-state index in [1.807, 2.05) is 13.0 Å². The first-order chi connectivity index (χ1) is 8.31. The summed E-state index contributed by atoms with van der Waals surface area (Å²) < 4.78 is 5.48. The molecule has 1 aromatic heterocycles. The Balaban J connectivity index is 1.79. The van der Waals surface area contributed by atoms with E-state index in [1.165, 1.54) is 5.56 Å². The summed E-state index contributed by atoms with van der Waals surface area (Å²) in [5.74, 6) is 0.735. The van der Waals surface area contributed by atoms with Crippen LogP contribution in [0.4, 0.5) is 0 Å². The molecule has 0 atom stereocenters. The standard InChI is InChI=1S/C13H17N3O/c1-10-15-12-8-11(2-3-13(12)17-10)9-16-6-4-14-5-7-16/h2-3,8,14H,4-7,9H2,1H3. The maximum absolute atomic E-state index is 5.48. The third-order valence-corrected chi connectivity index (χ3v) is 3.17. The summed E-state index contributed by atoms with van der Waals surface area (Å²) in [5.41, 5.74) is 3.16. The Labute approximate surface area is 101 Å². The molecule has 4 heteroatoms. The van der Waals surface area contributed by atoms with Crippen LogP contribution in [-0.2, 0) is 6.54 Å². The van der Waals surface area contributed by atoms with E-state index in [4.69, 9.17) is 4.42 Å². The van der Waals surface area contributed by atoms with Crippen molar-refractivity contribution in [3.63, 3.8) is 0 Å². The van der Waals surface area contributed by atoms with Gasteiger partial charge in [-0.3, -0.25) is 4.90 Å². The van der Waals surface area contributed by atoms with E-state index < -0.39 is 0 Å². The molecule has 2 heterocycles. The lowest BCUT2D eigenvalue weighted by Gasteiger charge is -2.27. The predicted octanol–water partition coefficient (Wildman–Crippen LogP) is 1.54. The summed E-state index contributed by atoms with van der Waals surface area (Å²) >= 11 is 0. The van der Waals surface area contributed by atoms with Crippen LogP contribution in [0.5, 0.6) is 0 Å². The van der Waals surface area contributed by atoms with Crippen LogP contribution in [0.1, 0.15) is 11.5 Å². The second kappa shape index (κ2) is 4.47.